The lowest BCUT2D eigenvalue weighted by atomic mass is 10.0. The minimum absolute atomic E-state index is 0.0138. The second-order valence-corrected chi connectivity index (χ2v) is 5.71. The van der Waals surface area contributed by atoms with E-state index in [2.05, 4.69) is 27.6 Å². The molecule has 0 spiro atoms. The normalized spacial score (nSPS) is 10.8. The third-order valence-corrected chi connectivity index (χ3v) is 3.82. The maximum Gasteiger partial charge on any atom is 0.199 e. The summed E-state index contributed by atoms with van der Waals surface area (Å²) in [5.41, 5.74) is 2.12. The minimum Gasteiger partial charge on any atom is -0.508 e. The zero-order valence-corrected chi connectivity index (χ0v) is 12.5. The lowest BCUT2D eigenvalue weighted by Crippen LogP contribution is -2.00. The van der Waals surface area contributed by atoms with Gasteiger partial charge in [0.05, 0.1) is 11.3 Å². The fourth-order valence-electron chi connectivity index (χ4n) is 2.18. The summed E-state index contributed by atoms with van der Waals surface area (Å²) in [4.78, 5) is 2.88. The van der Waals surface area contributed by atoms with Crippen LogP contribution in [0.1, 0.15) is 11.1 Å². The summed E-state index contributed by atoms with van der Waals surface area (Å²) in [5.74, 6) is 0.138. The van der Waals surface area contributed by atoms with Crippen molar-refractivity contribution < 1.29 is 10.2 Å². The molecule has 5 heteroatoms. The van der Waals surface area contributed by atoms with Crippen LogP contribution in [-0.4, -0.2) is 20.9 Å². The molecule has 0 aliphatic rings. The zero-order valence-electron chi connectivity index (χ0n) is 10.3. The molecule has 3 aromatic rings. The maximum absolute atomic E-state index is 10.1. The van der Waals surface area contributed by atoms with Gasteiger partial charge < -0.3 is 15.2 Å². The first-order valence-electron chi connectivity index (χ1n) is 5.95. The highest BCUT2D eigenvalue weighted by molar-refractivity contribution is 14.1. The molecule has 2 aromatic carbocycles. The van der Waals surface area contributed by atoms with Crippen LogP contribution in [0.25, 0.3) is 10.9 Å². The zero-order chi connectivity index (χ0) is 14.3. The van der Waals surface area contributed by atoms with Crippen LogP contribution in [0.4, 0.5) is 0 Å². The largest absolute Gasteiger partial charge is 0.508 e. The Labute approximate surface area is 128 Å². The van der Waals surface area contributed by atoms with Gasteiger partial charge in [0.15, 0.2) is 5.88 Å². The summed E-state index contributed by atoms with van der Waals surface area (Å²) < 4.78 is 1.04. The molecule has 4 N–H and O–H groups in total. The molecule has 100 valence electrons. The van der Waals surface area contributed by atoms with Crippen LogP contribution in [0, 0.1) is 8.98 Å². The van der Waals surface area contributed by atoms with Crippen LogP contribution in [0.3, 0.4) is 0 Å². The Bertz CT molecular complexity index is 807. The summed E-state index contributed by atoms with van der Waals surface area (Å²) in [6.45, 7) is 0. The number of aromatic amines is 1. The van der Waals surface area contributed by atoms with Crippen molar-refractivity contribution >= 4 is 39.2 Å². The molecular formula is C15H11IN2O2. The number of aromatic hydroxyl groups is 2. The van der Waals surface area contributed by atoms with Gasteiger partial charge in [0.25, 0.3) is 0 Å². The van der Waals surface area contributed by atoms with Gasteiger partial charge in [0.2, 0.25) is 0 Å². The molecular weight excluding hydrogens is 367 g/mol. The Balaban J connectivity index is 2.18. The molecule has 0 fully saturated rings. The highest BCUT2D eigenvalue weighted by atomic mass is 127. The van der Waals surface area contributed by atoms with Gasteiger partial charge in [-0.1, -0.05) is 0 Å². The van der Waals surface area contributed by atoms with E-state index in [1.165, 1.54) is 12.1 Å². The Hall–Kier alpha value is -2.02. The van der Waals surface area contributed by atoms with Crippen LogP contribution >= 0.6 is 22.6 Å². The van der Waals surface area contributed by atoms with E-state index in [9.17, 15) is 10.2 Å². The predicted octanol–water partition coefficient (Wildman–Crippen LogP) is 3.60. The number of rotatable bonds is 2. The Morgan fingerprint density at radius 1 is 1.05 bits per heavy atom. The second-order valence-electron chi connectivity index (χ2n) is 4.46. The molecule has 1 heterocycles. The van der Waals surface area contributed by atoms with Gasteiger partial charge >= 0.3 is 0 Å². The molecule has 0 unspecified atom stereocenters. The Morgan fingerprint density at radius 3 is 2.45 bits per heavy atom. The molecule has 0 atom stereocenters. The molecule has 0 aliphatic heterocycles. The van der Waals surface area contributed by atoms with Crippen molar-refractivity contribution in [2.75, 3.05) is 0 Å². The first-order valence-corrected chi connectivity index (χ1v) is 7.02. The Morgan fingerprint density at radius 2 is 1.75 bits per heavy atom. The summed E-state index contributed by atoms with van der Waals surface area (Å²) in [7, 11) is 0. The first-order chi connectivity index (χ1) is 9.56. The lowest BCUT2D eigenvalue weighted by molar-refractivity contribution is 0.457. The van der Waals surface area contributed by atoms with Gasteiger partial charge in [0.1, 0.15) is 5.75 Å². The molecule has 1 aromatic heterocycles. The van der Waals surface area contributed by atoms with Gasteiger partial charge in [-0.2, -0.15) is 0 Å². The van der Waals surface area contributed by atoms with Crippen LogP contribution in [0.2, 0.25) is 0 Å². The highest BCUT2D eigenvalue weighted by Crippen LogP contribution is 2.30. The monoisotopic (exact) mass is 378 g/mol. The van der Waals surface area contributed by atoms with E-state index >= 15 is 0 Å². The standard InChI is InChI=1S/C15H11IN2O2/c16-9-3-6-12-11(7-9)13(15(20)18-12)14(17)8-1-4-10(19)5-2-8/h1-7,17-20H. The number of halogens is 1. The van der Waals surface area contributed by atoms with E-state index < -0.39 is 0 Å². The van der Waals surface area contributed by atoms with E-state index in [0.29, 0.717) is 11.1 Å². The first kappa shape index (κ1) is 13.0. The van der Waals surface area contributed by atoms with Crippen molar-refractivity contribution in [3.05, 3.63) is 57.2 Å². The third-order valence-electron chi connectivity index (χ3n) is 3.15. The molecule has 0 radical (unpaired) electrons. The highest BCUT2D eigenvalue weighted by Gasteiger charge is 2.17. The van der Waals surface area contributed by atoms with Gasteiger partial charge in [0, 0.05) is 20.0 Å². The van der Waals surface area contributed by atoms with Crippen molar-refractivity contribution in [3.8, 4) is 11.6 Å². The SMILES string of the molecule is N=C(c1ccc(O)cc1)c1c(O)[nH]c2ccc(I)cc12. The number of nitrogens with one attached hydrogen (secondary N) is 2. The third kappa shape index (κ3) is 2.14. The average molecular weight is 378 g/mol. The molecule has 0 saturated carbocycles. The van der Waals surface area contributed by atoms with Crippen molar-refractivity contribution in [2.24, 2.45) is 0 Å². The summed E-state index contributed by atoms with van der Waals surface area (Å²) >= 11 is 2.20. The lowest BCUT2D eigenvalue weighted by Gasteiger charge is -2.04. The number of hydrogen-bond donors (Lipinski definition) is 4. The average Bonchev–Trinajstić information content (AvgIpc) is 2.74. The van der Waals surface area contributed by atoms with Gasteiger partial charge in [-0.25, -0.2) is 0 Å². The molecule has 0 aliphatic carbocycles. The molecule has 3 rings (SSSR count). The smallest absolute Gasteiger partial charge is 0.199 e. The van der Waals surface area contributed by atoms with E-state index in [1.54, 1.807) is 12.1 Å². The van der Waals surface area contributed by atoms with Crippen LogP contribution in [-0.2, 0) is 0 Å². The summed E-state index contributed by atoms with van der Waals surface area (Å²) in [5, 5.41) is 28.5. The van der Waals surface area contributed by atoms with Gasteiger partial charge in [-0.05, 0) is 65.1 Å². The second kappa shape index (κ2) is 4.82. The predicted molar refractivity (Wildman–Crippen MR) is 86.7 cm³/mol. The topological polar surface area (TPSA) is 80.1 Å². The van der Waals surface area contributed by atoms with Crippen molar-refractivity contribution in [2.45, 2.75) is 0 Å². The number of H-pyrrole nitrogens is 1. The molecule has 0 saturated heterocycles. The molecule has 0 bridgehead atoms. The fourth-order valence-corrected chi connectivity index (χ4v) is 2.67. The molecule has 4 nitrogen and oxygen atoms in total. The van der Waals surface area contributed by atoms with E-state index in [4.69, 9.17) is 5.41 Å². The quantitative estimate of drug-likeness (QED) is 0.406. The molecule has 0 amide bonds. The van der Waals surface area contributed by atoms with Crippen LogP contribution < -0.4 is 0 Å². The summed E-state index contributed by atoms with van der Waals surface area (Å²) in [6, 6.07) is 12.1. The van der Waals surface area contributed by atoms with Crippen LogP contribution in [0.5, 0.6) is 11.6 Å². The Kier molecular flexibility index (Phi) is 3.13. The van der Waals surface area contributed by atoms with Crippen molar-refractivity contribution in [1.29, 1.82) is 5.41 Å². The number of phenols is 1. The number of benzene rings is 2. The van der Waals surface area contributed by atoms with E-state index in [1.807, 2.05) is 18.2 Å². The number of phenolic OH excluding ortho intramolecular Hbond substituents is 1. The minimum atomic E-state index is -0.0138. The van der Waals surface area contributed by atoms with E-state index in [0.717, 1.165) is 14.5 Å². The van der Waals surface area contributed by atoms with E-state index in [-0.39, 0.29) is 17.3 Å². The number of fused-ring (bicyclic) bond motifs is 1. The van der Waals surface area contributed by atoms with Gasteiger partial charge in [-0.3, -0.25) is 5.41 Å². The number of aromatic nitrogens is 1. The van der Waals surface area contributed by atoms with Crippen molar-refractivity contribution in [1.82, 2.24) is 4.98 Å². The van der Waals surface area contributed by atoms with Crippen LogP contribution in [0.15, 0.2) is 42.5 Å². The maximum atomic E-state index is 10.1. The number of hydrogen-bond acceptors (Lipinski definition) is 3. The summed E-state index contributed by atoms with van der Waals surface area (Å²) in [6.07, 6.45) is 0. The fraction of sp³-hybridized carbons (Fsp3) is 0. The molecule has 20 heavy (non-hydrogen) atoms. The van der Waals surface area contributed by atoms with Gasteiger partial charge in [-0.15, -0.1) is 0 Å². The van der Waals surface area contributed by atoms with Crippen molar-refractivity contribution in [3.63, 3.8) is 0 Å².